The lowest BCUT2D eigenvalue weighted by Crippen LogP contribution is -2.12. The van der Waals surface area contributed by atoms with Crippen molar-refractivity contribution in [3.05, 3.63) is 34.4 Å². The monoisotopic (exact) mass is 384 g/mol. The van der Waals surface area contributed by atoms with E-state index in [1.54, 1.807) is 5.56 Å². The van der Waals surface area contributed by atoms with Crippen LogP contribution in [0, 0.1) is 19.3 Å². The number of aryl methyl sites for hydroxylation is 4. The van der Waals surface area contributed by atoms with Crippen LogP contribution in [0.2, 0.25) is 0 Å². The highest BCUT2D eigenvalue weighted by Crippen LogP contribution is 2.49. The van der Waals surface area contributed by atoms with Gasteiger partial charge in [-0.3, -0.25) is 4.79 Å². The molecule has 1 aromatic rings. The summed E-state index contributed by atoms with van der Waals surface area (Å²) in [5, 5.41) is 0. The Morgan fingerprint density at radius 1 is 0.821 bits per heavy atom. The Labute approximate surface area is 172 Å². The lowest BCUT2D eigenvalue weighted by molar-refractivity contribution is -0.135. The van der Waals surface area contributed by atoms with Gasteiger partial charge in [-0.05, 0) is 112 Å². The van der Waals surface area contributed by atoms with Crippen molar-refractivity contribution in [1.82, 2.24) is 0 Å². The normalized spacial score (nSPS) is 18.7. The van der Waals surface area contributed by atoms with E-state index in [9.17, 15) is 4.79 Å². The molecule has 156 valence electrons. The number of unbranched alkanes of at least 4 members (excludes halogenated alkanes) is 4. The molecule has 0 spiro atoms. The van der Waals surface area contributed by atoms with E-state index in [1.165, 1.54) is 74.5 Å². The lowest BCUT2D eigenvalue weighted by Gasteiger charge is -2.14. The Kier molecular flexibility index (Phi) is 7.23. The quantitative estimate of drug-likeness (QED) is 0.254. The van der Waals surface area contributed by atoms with Gasteiger partial charge in [0.05, 0.1) is 0 Å². The van der Waals surface area contributed by atoms with Gasteiger partial charge in [0.15, 0.2) is 0 Å². The molecule has 0 aliphatic heterocycles. The highest BCUT2D eigenvalue weighted by atomic mass is 16.5. The van der Waals surface area contributed by atoms with Crippen molar-refractivity contribution in [2.75, 3.05) is 0 Å². The maximum Gasteiger partial charge on any atom is 0.293 e. The lowest BCUT2D eigenvalue weighted by atomic mass is 9.93. The van der Waals surface area contributed by atoms with E-state index in [0.29, 0.717) is 6.47 Å². The average molecular weight is 385 g/mol. The number of ether oxygens (including phenoxy) is 1. The van der Waals surface area contributed by atoms with Crippen LogP contribution in [-0.2, 0) is 22.4 Å². The summed E-state index contributed by atoms with van der Waals surface area (Å²) >= 11 is 0. The molecule has 2 aliphatic rings. The molecule has 2 fully saturated rings. The number of benzene rings is 1. The average Bonchev–Trinajstić information content (AvgIpc) is 3.58. The van der Waals surface area contributed by atoms with Crippen molar-refractivity contribution in [3.8, 4) is 0 Å². The number of hydrogen-bond acceptors (Lipinski definition) is 2. The van der Waals surface area contributed by atoms with Crippen LogP contribution in [0.4, 0.5) is 0 Å². The second kappa shape index (κ2) is 9.46. The molecule has 0 amide bonds. The SMILES string of the molecule is Cc1cc(CCCCC2(OC=O)CC2)c(C)cc1CCCCCCC1(C)CC1. The largest absolute Gasteiger partial charge is 0.461 e. The zero-order valence-electron chi connectivity index (χ0n) is 18.4. The molecule has 2 nitrogen and oxygen atoms in total. The predicted octanol–water partition coefficient (Wildman–Crippen LogP) is 7.01. The summed E-state index contributed by atoms with van der Waals surface area (Å²) in [6.45, 7) is 7.63. The van der Waals surface area contributed by atoms with E-state index in [4.69, 9.17) is 4.74 Å². The first-order valence-corrected chi connectivity index (χ1v) is 11.7. The zero-order valence-corrected chi connectivity index (χ0v) is 18.4. The predicted molar refractivity (Wildman–Crippen MR) is 117 cm³/mol. The smallest absolute Gasteiger partial charge is 0.293 e. The van der Waals surface area contributed by atoms with Gasteiger partial charge in [0.25, 0.3) is 6.47 Å². The van der Waals surface area contributed by atoms with Crippen LogP contribution in [0.15, 0.2) is 12.1 Å². The van der Waals surface area contributed by atoms with E-state index < -0.39 is 0 Å². The Balaban J connectivity index is 1.35. The van der Waals surface area contributed by atoms with E-state index in [2.05, 4.69) is 32.9 Å². The van der Waals surface area contributed by atoms with Gasteiger partial charge < -0.3 is 4.74 Å². The van der Waals surface area contributed by atoms with Gasteiger partial charge in [-0.2, -0.15) is 0 Å². The molecule has 2 heteroatoms. The third-order valence-electron chi connectivity index (χ3n) is 7.31. The fourth-order valence-corrected chi connectivity index (χ4v) is 4.59. The second-order valence-corrected chi connectivity index (χ2v) is 10.0. The van der Waals surface area contributed by atoms with Crippen LogP contribution in [-0.4, -0.2) is 12.1 Å². The highest BCUT2D eigenvalue weighted by Gasteiger charge is 2.44. The number of carbonyl (C=O) groups is 1. The van der Waals surface area contributed by atoms with Gasteiger partial charge in [-0.15, -0.1) is 0 Å². The summed E-state index contributed by atoms with van der Waals surface area (Å²) in [5.41, 5.74) is 6.60. The second-order valence-electron chi connectivity index (χ2n) is 10.0. The van der Waals surface area contributed by atoms with E-state index >= 15 is 0 Å². The van der Waals surface area contributed by atoms with Gasteiger partial charge in [0, 0.05) is 0 Å². The van der Waals surface area contributed by atoms with Gasteiger partial charge in [0.1, 0.15) is 5.60 Å². The molecule has 0 aromatic heterocycles. The molecule has 0 N–H and O–H groups in total. The molecule has 2 aliphatic carbocycles. The zero-order chi connectivity index (χ0) is 20.0. The Bertz CT molecular complexity index is 653. The molecule has 2 saturated carbocycles. The summed E-state index contributed by atoms with van der Waals surface area (Å²) in [4.78, 5) is 10.6. The van der Waals surface area contributed by atoms with Crippen molar-refractivity contribution < 1.29 is 9.53 Å². The van der Waals surface area contributed by atoms with Crippen LogP contribution in [0.3, 0.4) is 0 Å². The van der Waals surface area contributed by atoms with Gasteiger partial charge >= 0.3 is 0 Å². The van der Waals surface area contributed by atoms with E-state index in [0.717, 1.165) is 37.5 Å². The highest BCUT2D eigenvalue weighted by molar-refractivity contribution is 5.39. The van der Waals surface area contributed by atoms with E-state index in [1.807, 2.05) is 0 Å². The molecular formula is C26H40O2. The maximum absolute atomic E-state index is 10.6. The van der Waals surface area contributed by atoms with Crippen molar-refractivity contribution in [2.24, 2.45) is 5.41 Å². The molecule has 0 heterocycles. The first-order valence-electron chi connectivity index (χ1n) is 11.7. The third kappa shape index (κ3) is 6.36. The molecule has 0 radical (unpaired) electrons. The summed E-state index contributed by atoms with van der Waals surface area (Å²) in [6.07, 6.45) is 17.7. The van der Waals surface area contributed by atoms with Crippen molar-refractivity contribution in [1.29, 1.82) is 0 Å². The van der Waals surface area contributed by atoms with Crippen LogP contribution in [0.25, 0.3) is 0 Å². The third-order valence-corrected chi connectivity index (χ3v) is 7.31. The molecule has 1 aromatic carbocycles. The van der Waals surface area contributed by atoms with Crippen LogP contribution >= 0.6 is 0 Å². The van der Waals surface area contributed by atoms with Gasteiger partial charge in [-0.25, -0.2) is 0 Å². The minimum Gasteiger partial charge on any atom is -0.461 e. The van der Waals surface area contributed by atoms with Crippen LogP contribution in [0.5, 0.6) is 0 Å². The fraction of sp³-hybridized carbons (Fsp3) is 0.731. The molecule has 0 unspecified atom stereocenters. The topological polar surface area (TPSA) is 26.3 Å². The standard InChI is InChI=1S/C26H40O2/c1-21-19-24(11-7-9-13-26(16-17-26)28-20-27)22(2)18-23(21)10-6-4-5-8-12-25(3)14-15-25/h18-20H,4-17H2,1-3H3. The first-order chi connectivity index (χ1) is 13.5. The van der Waals surface area contributed by atoms with Crippen LogP contribution < -0.4 is 0 Å². The minimum atomic E-state index is -0.0903. The van der Waals surface area contributed by atoms with Crippen molar-refractivity contribution in [2.45, 2.75) is 116 Å². The molecule has 0 saturated heterocycles. The van der Waals surface area contributed by atoms with Crippen LogP contribution in [0.1, 0.15) is 106 Å². The number of rotatable bonds is 14. The summed E-state index contributed by atoms with van der Waals surface area (Å²) in [7, 11) is 0. The maximum atomic E-state index is 10.6. The molecule has 28 heavy (non-hydrogen) atoms. The summed E-state index contributed by atoms with van der Waals surface area (Å²) in [5.74, 6) is 0. The molecule has 0 atom stereocenters. The Morgan fingerprint density at radius 3 is 1.89 bits per heavy atom. The summed E-state index contributed by atoms with van der Waals surface area (Å²) < 4.78 is 5.25. The Hall–Kier alpha value is -1.31. The molecule has 3 rings (SSSR count). The van der Waals surface area contributed by atoms with Crippen molar-refractivity contribution >= 4 is 6.47 Å². The molecular weight excluding hydrogens is 344 g/mol. The van der Waals surface area contributed by atoms with Crippen molar-refractivity contribution in [3.63, 3.8) is 0 Å². The number of hydrogen-bond donors (Lipinski definition) is 0. The number of carbonyl (C=O) groups excluding carboxylic acids is 1. The first kappa shape index (κ1) is 21.4. The van der Waals surface area contributed by atoms with Gasteiger partial charge in [0.2, 0.25) is 0 Å². The fourth-order valence-electron chi connectivity index (χ4n) is 4.59. The Morgan fingerprint density at radius 2 is 1.36 bits per heavy atom. The minimum absolute atomic E-state index is 0.0903. The summed E-state index contributed by atoms with van der Waals surface area (Å²) in [6, 6.07) is 4.86. The van der Waals surface area contributed by atoms with E-state index in [-0.39, 0.29) is 5.60 Å². The molecule has 0 bridgehead atoms. The van der Waals surface area contributed by atoms with Gasteiger partial charge in [-0.1, -0.05) is 38.3 Å².